The lowest BCUT2D eigenvalue weighted by Crippen LogP contribution is -2.53. The highest BCUT2D eigenvalue weighted by Crippen LogP contribution is 2.21. The monoisotopic (exact) mass is 299 g/mol. The van der Waals surface area contributed by atoms with Crippen molar-refractivity contribution in [3.8, 4) is 0 Å². The first-order valence-electron chi connectivity index (χ1n) is 5.78. The molecule has 1 aliphatic heterocycles. The molecule has 1 heterocycles. The summed E-state index contributed by atoms with van der Waals surface area (Å²) in [6.45, 7) is 0.329. The molecule has 8 nitrogen and oxygen atoms in total. The maximum Gasteiger partial charge on any atom is 0.269 e. The number of non-ortho nitro benzene ring substituents is 1. The summed E-state index contributed by atoms with van der Waals surface area (Å²) in [5, 5.41) is 13.1. The molecule has 0 aliphatic carbocycles. The highest BCUT2D eigenvalue weighted by atomic mass is 32.2. The molecule has 0 atom stereocenters. The van der Waals surface area contributed by atoms with E-state index in [1.54, 1.807) is 0 Å². The van der Waals surface area contributed by atoms with E-state index in [0.29, 0.717) is 5.69 Å². The molecule has 2 rings (SSSR count). The summed E-state index contributed by atoms with van der Waals surface area (Å²) in [6, 6.07) is 5.45. The zero-order chi connectivity index (χ0) is 14.9. The van der Waals surface area contributed by atoms with Crippen molar-refractivity contribution in [2.24, 2.45) is 5.92 Å². The van der Waals surface area contributed by atoms with E-state index in [-0.39, 0.29) is 30.6 Å². The van der Waals surface area contributed by atoms with Crippen molar-refractivity contribution in [1.29, 1.82) is 0 Å². The number of amides is 1. The molecular formula is C11H13N3O5S. The number of nitrogens with one attached hydrogen (secondary N) is 1. The molecule has 1 aromatic rings. The lowest BCUT2D eigenvalue weighted by atomic mass is 10.0. The SMILES string of the molecule is CS(=O)(=O)N1CC(C(=O)Nc2ccc([N+](=O)[O-])cc2)C1. The molecule has 1 fully saturated rings. The van der Waals surface area contributed by atoms with Crippen molar-refractivity contribution in [2.45, 2.75) is 0 Å². The van der Waals surface area contributed by atoms with Crippen LogP contribution in [0.1, 0.15) is 0 Å². The van der Waals surface area contributed by atoms with Crippen LogP contribution in [-0.4, -0.2) is 42.9 Å². The first kappa shape index (κ1) is 14.4. The summed E-state index contributed by atoms with van der Waals surface area (Å²) >= 11 is 0. The van der Waals surface area contributed by atoms with Gasteiger partial charge in [-0.3, -0.25) is 14.9 Å². The number of carbonyl (C=O) groups excluding carboxylic acids is 1. The molecular weight excluding hydrogens is 286 g/mol. The van der Waals surface area contributed by atoms with Crippen LogP contribution in [-0.2, 0) is 14.8 Å². The molecule has 0 saturated carbocycles. The van der Waals surface area contributed by atoms with Gasteiger partial charge in [-0.05, 0) is 12.1 Å². The fraction of sp³-hybridized carbons (Fsp3) is 0.364. The molecule has 1 N–H and O–H groups in total. The van der Waals surface area contributed by atoms with E-state index in [1.165, 1.54) is 28.6 Å². The lowest BCUT2D eigenvalue weighted by molar-refractivity contribution is -0.384. The topological polar surface area (TPSA) is 110 Å². The van der Waals surface area contributed by atoms with Crippen molar-refractivity contribution in [1.82, 2.24) is 4.31 Å². The number of hydrogen-bond acceptors (Lipinski definition) is 5. The average Bonchev–Trinajstić information content (AvgIpc) is 2.25. The number of nitro groups is 1. The summed E-state index contributed by atoms with van der Waals surface area (Å²) in [7, 11) is -3.24. The first-order valence-corrected chi connectivity index (χ1v) is 7.62. The Balaban J connectivity index is 1.92. The van der Waals surface area contributed by atoms with Gasteiger partial charge in [-0.1, -0.05) is 0 Å². The van der Waals surface area contributed by atoms with E-state index in [9.17, 15) is 23.3 Å². The van der Waals surface area contributed by atoms with Crippen molar-refractivity contribution in [3.05, 3.63) is 34.4 Å². The Morgan fingerprint density at radius 1 is 1.35 bits per heavy atom. The second kappa shape index (κ2) is 5.17. The number of sulfonamides is 1. The van der Waals surface area contributed by atoms with Crippen molar-refractivity contribution < 1.29 is 18.1 Å². The smallest absolute Gasteiger partial charge is 0.269 e. The van der Waals surface area contributed by atoms with E-state index >= 15 is 0 Å². The van der Waals surface area contributed by atoms with Gasteiger partial charge in [0.1, 0.15) is 0 Å². The van der Waals surface area contributed by atoms with Gasteiger partial charge in [-0.25, -0.2) is 12.7 Å². The Kier molecular flexibility index (Phi) is 3.73. The number of anilines is 1. The number of nitrogens with zero attached hydrogens (tertiary/aromatic N) is 2. The summed E-state index contributed by atoms with van der Waals surface area (Å²) in [6.07, 6.45) is 1.09. The minimum atomic E-state index is -3.24. The van der Waals surface area contributed by atoms with Gasteiger partial charge in [0.2, 0.25) is 15.9 Å². The second-order valence-electron chi connectivity index (χ2n) is 4.57. The average molecular weight is 299 g/mol. The van der Waals surface area contributed by atoms with E-state index in [4.69, 9.17) is 0 Å². The number of nitro benzene ring substituents is 1. The third-order valence-electron chi connectivity index (χ3n) is 3.03. The van der Waals surface area contributed by atoms with Gasteiger partial charge in [0, 0.05) is 30.9 Å². The van der Waals surface area contributed by atoms with Gasteiger partial charge >= 0.3 is 0 Å². The summed E-state index contributed by atoms with van der Waals surface area (Å²) < 4.78 is 23.6. The van der Waals surface area contributed by atoms with Crippen LogP contribution in [0, 0.1) is 16.0 Å². The fourth-order valence-corrected chi connectivity index (χ4v) is 2.69. The van der Waals surface area contributed by atoms with Crippen molar-refractivity contribution in [2.75, 3.05) is 24.7 Å². The minimum Gasteiger partial charge on any atom is -0.326 e. The molecule has 20 heavy (non-hydrogen) atoms. The molecule has 0 radical (unpaired) electrons. The van der Waals surface area contributed by atoms with Crippen LogP contribution >= 0.6 is 0 Å². The zero-order valence-electron chi connectivity index (χ0n) is 10.6. The summed E-state index contributed by atoms with van der Waals surface area (Å²) in [4.78, 5) is 21.8. The molecule has 0 bridgehead atoms. The van der Waals surface area contributed by atoms with E-state index in [1.807, 2.05) is 0 Å². The molecule has 0 aromatic heterocycles. The quantitative estimate of drug-likeness (QED) is 0.640. The zero-order valence-corrected chi connectivity index (χ0v) is 11.5. The van der Waals surface area contributed by atoms with Gasteiger partial charge in [0.25, 0.3) is 5.69 Å². The highest BCUT2D eigenvalue weighted by molar-refractivity contribution is 7.88. The highest BCUT2D eigenvalue weighted by Gasteiger charge is 2.37. The van der Waals surface area contributed by atoms with Gasteiger partial charge in [0.15, 0.2) is 0 Å². The predicted octanol–water partition coefficient (Wildman–Crippen LogP) is 0.425. The predicted molar refractivity (Wildman–Crippen MR) is 71.6 cm³/mol. The van der Waals surface area contributed by atoms with Crippen LogP contribution in [0.3, 0.4) is 0 Å². The Hall–Kier alpha value is -2.00. The van der Waals surface area contributed by atoms with Gasteiger partial charge in [-0.2, -0.15) is 0 Å². The molecule has 0 spiro atoms. The van der Waals surface area contributed by atoms with E-state index in [2.05, 4.69) is 5.32 Å². The number of hydrogen-bond donors (Lipinski definition) is 1. The molecule has 9 heteroatoms. The Morgan fingerprint density at radius 2 is 1.90 bits per heavy atom. The Bertz CT molecular complexity index is 635. The standard InChI is InChI=1S/C11H13N3O5S/c1-20(18,19)13-6-8(7-13)11(15)12-9-2-4-10(5-3-9)14(16)17/h2-5,8H,6-7H2,1H3,(H,12,15). The minimum absolute atomic E-state index is 0.0603. The Labute approximate surface area is 115 Å². The summed E-state index contributed by atoms with van der Waals surface area (Å²) in [5.41, 5.74) is 0.383. The normalized spacial score (nSPS) is 16.4. The van der Waals surface area contributed by atoms with Crippen molar-refractivity contribution >= 4 is 27.3 Å². The first-order chi connectivity index (χ1) is 9.27. The summed E-state index contributed by atoms with van der Waals surface area (Å²) in [5.74, 6) is -0.682. The van der Waals surface area contributed by atoms with Crippen molar-refractivity contribution in [3.63, 3.8) is 0 Å². The van der Waals surface area contributed by atoms with Gasteiger partial charge < -0.3 is 5.32 Å². The largest absolute Gasteiger partial charge is 0.326 e. The Morgan fingerprint density at radius 3 is 2.35 bits per heavy atom. The van der Waals surface area contributed by atoms with Crippen LogP contribution in [0.4, 0.5) is 11.4 Å². The van der Waals surface area contributed by atoms with Gasteiger partial charge in [0.05, 0.1) is 17.1 Å². The molecule has 1 amide bonds. The van der Waals surface area contributed by atoms with Crippen LogP contribution in [0.2, 0.25) is 0 Å². The molecule has 1 saturated heterocycles. The fourth-order valence-electron chi connectivity index (χ4n) is 1.79. The maximum absolute atomic E-state index is 11.8. The van der Waals surface area contributed by atoms with E-state index < -0.39 is 14.9 Å². The number of rotatable bonds is 4. The molecule has 108 valence electrons. The molecule has 0 unspecified atom stereocenters. The van der Waals surface area contributed by atoms with Crippen LogP contribution in [0.5, 0.6) is 0 Å². The van der Waals surface area contributed by atoms with Crippen LogP contribution < -0.4 is 5.32 Å². The van der Waals surface area contributed by atoms with Crippen LogP contribution in [0.25, 0.3) is 0 Å². The third-order valence-corrected chi connectivity index (χ3v) is 4.27. The van der Waals surface area contributed by atoms with Crippen LogP contribution in [0.15, 0.2) is 24.3 Å². The lowest BCUT2D eigenvalue weighted by Gasteiger charge is -2.35. The maximum atomic E-state index is 11.8. The molecule has 1 aliphatic rings. The third kappa shape index (κ3) is 3.11. The van der Waals surface area contributed by atoms with Gasteiger partial charge in [-0.15, -0.1) is 0 Å². The number of benzene rings is 1. The second-order valence-corrected chi connectivity index (χ2v) is 6.55. The van der Waals surface area contributed by atoms with E-state index in [0.717, 1.165) is 6.26 Å². The number of carbonyl (C=O) groups is 1. The molecule has 1 aromatic carbocycles.